The molecule has 0 unspecified atom stereocenters. The fraction of sp³-hybridized carbons (Fsp3) is 0.292. The minimum absolute atomic E-state index is 0.139. The van der Waals surface area contributed by atoms with E-state index >= 15 is 0 Å². The summed E-state index contributed by atoms with van der Waals surface area (Å²) in [4.78, 5) is 37.3. The largest absolute Gasteiger partial charge is 0.454 e. The molecule has 0 saturated carbocycles. The van der Waals surface area contributed by atoms with Crippen molar-refractivity contribution in [3.8, 4) is 0 Å². The zero-order valence-electron chi connectivity index (χ0n) is 19.5. The van der Waals surface area contributed by atoms with Crippen molar-refractivity contribution >= 4 is 34.6 Å². The Balaban J connectivity index is 1.62. The number of nitro groups is 1. The van der Waals surface area contributed by atoms with Crippen molar-refractivity contribution in [2.45, 2.75) is 40.3 Å². The van der Waals surface area contributed by atoms with Crippen LogP contribution in [0, 0.1) is 24.0 Å². The number of carbonyl (C=O) groups is 2. The number of aryl methyl sites for hydroxylation is 1. The van der Waals surface area contributed by atoms with Crippen molar-refractivity contribution in [3.05, 3.63) is 76.1 Å². The lowest BCUT2D eigenvalue weighted by molar-refractivity contribution is -0.386. The average molecular weight is 466 g/mol. The van der Waals surface area contributed by atoms with E-state index < -0.39 is 17.5 Å². The summed E-state index contributed by atoms with van der Waals surface area (Å²) in [6.07, 6.45) is 0. The van der Waals surface area contributed by atoms with Crippen LogP contribution >= 0.6 is 0 Å². The third kappa shape index (κ3) is 5.77. The molecular weight excluding hydrogens is 438 g/mol. The monoisotopic (exact) mass is 465 g/mol. The van der Waals surface area contributed by atoms with Crippen LogP contribution in [0.2, 0.25) is 0 Å². The predicted molar refractivity (Wildman–Crippen MR) is 128 cm³/mol. The summed E-state index contributed by atoms with van der Waals surface area (Å²) in [6.45, 7) is 5.96. The molecule has 178 valence electrons. The number of para-hydroxylation sites is 1. The number of nitrogens with zero attached hydrogens (tertiary/aromatic N) is 4. The van der Waals surface area contributed by atoms with E-state index in [1.54, 1.807) is 4.90 Å². The van der Waals surface area contributed by atoms with Crippen LogP contribution in [0.4, 0.5) is 22.7 Å². The Kier molecular flexibility index (Phi) is 7.62. The fourth-order valence-corrected chi connectivity index (χ4v) is 3.61. The van der Waals surface area contributed by atoms with Crippen molar-refractivity contribution in [1.82, 2.24) is 9.78 Å². The first kappa shape index (κ1) is 24.4. The first-order valence-corrected chi connectivity index (χ1v) is 10.8. The summed E-state index contributed by atoms with van der Waals surface area (Å²) in [7, 11) is 0. The molecule has 0 bridgehead atoms. The van der Waals surface area contributed by atoms with E-state index in [1.807, 2.05) is 68.4 Å². The topological polar surface area (TPSA) is 120 Å². The van der Waals surface area contributed by atoms with E-state index in [0.717, 1.165) is 11.4 Å². The van der Waals surface area contributed by atoms with Gasteiger partial charge in [-0.1, -0.05) is 18.2 Å². The van der Waals surface area contributed by atoms with Crippen LogP contribution in [0.25, 0.3) is 0 Å². The molecule has 0 saturated heterocycles. The third-order valence-electron chi connectivity index (χ3n) is 5.15. The van der Waals surface area contributed by atoms with Gasteiger partial charge in [0.15, 0.2) is 6.61 Å². The molecule has 10 heteroatoms. The lowest BCUT2D eigenvalue weighted by atomic mass is 10.2. The lowest BCUT2D eigenvalue weighted by Crippen LogP contribution is -2.40. The van der Waals surface area contributed by atoms with Crippen molar-refractivity contribution < 1.29 is 19.2 Å². The quantitative estimate of drug-likeness (QED) is 0.286. The maximum atomic E-state index is 12.9. The maximum Gasteiger partial charge on any atom is 0.328 e. The van der Waals surface area contributed by atoms with Crippen LogP contribution in [0.3, 0.4) is 0 Å². The van der Waals surface area contributed by atoms with Crippen LogP contribution in [0.5, 0.6) is 0 Å². The van der Waals surface area contributed by atoms with E-state index in [-0.39, 0.29) is 35.6 Å². The summed E-state index contributed by atoms with van der Waals surface area (Å²) < 4.78 is 6.36. The van der Waals surface area contributed by atoms with Gasteiger partial charge in [-0.05, 0) is 64.1 Å². The number of hydrogen-bond acceptors (Lipinski definition) is 7. The Morgan fingerprint density at radius 1 is 1.09 bits per heavy atom. The molecule has 0 atom stereocenters. The highest BCUT2D eigenvalue weighted by Gasteiger charge is 2.24. The maximum absolute atomic E-state index is 12.9. The van der Waals surface area contributed by atoms with Gasteiger partial charge in [-0.3, -0.25) is 24.4 Å². The van der Waals surface area contributed by atoms with E-state index in [0.29, 0.717) is 5.69 Å². The van der Waals surface area contributed by atoms with Gasteiger partial charge in [-0.25, -0.2) is 0 Å². The van der Waals surface area contributed by atoms with Crippen molar-refractivity contribution in [2.75, 3.05) is 16.8 Å². The van der Waals surface area contributed by atoms with Gasteiger partial charge >= 0.3 is 11.7 Å². The molecule has 1 amide bonds. The van der Waals surface area contributed by atoms with Gasteiger partial charge in [0, 0.05) is 23.1 Å². The zero-order valence-corrected chi connectivity index (χ0v) is 19.5. The molecule has 0 radical (unpaired) electrons. The number of rotatable bonds is 9. The smallest absolute Gasteiger partial charge is 0.328 e. The zero-order chi connectivity index (χ0) is 24.8. The Morgan fingerprint density at radius 3 is 2.26 bits per heavy atom. The molecule has 0 aliphatic rings. The van der Waals surface area contributed by atoms with Crippen LogP contribution in [0.1, 0.15) is 25.2 Å². The van der Waals surface area contributed by atoms with Crippen molar-refractivity contribution in [2.24, 2.45) is 0 Å². The van der Waals surface area contributed by atoms with E-state index in [1.165, 1.54) is 18.5 Å². The number of ether oxygens (including phenoxy) is 1. The Bertz CT molecular complexity index is 1170. The van der Waals surface area contributed by atoms with Gasteiger partial charge in [0.1, 0.15) is 17.9 Å². The molecule has 34 heavy (non-hydrogen) atoms. The van der Waals surface area contributed by atoms with Gasteiger partial charge in [0.2, 0.25) is 0 Å². The lowest BCUT2D eigenvalue weighted by Gasteiger charge is -2.27. The SMILES string of the molecule is Cc1nn(CC(=O)OCC(=O)N(c2ccc(Nc3ccccc3)cc2)C(C)C)c(C)c1[N+](=O)[O-]. The van der Waals surface area contributed by atoms with Crippen molar-refractivity contribution in [3.63, 3.8) is 0 Å². The number of anilines is 3. The highest BCUT2D eigenvalue weighted by Crippen LogP contribution is 2.24. The average Bonchev–Trinajstić information content (AvgIpc) is 3.07. The molecule has 1 heterocycles. The fourth-order valence-electron chi connectivity index (χ4n) is 3.61. The summed E-state index contributed by atoms with van der Waals surface area (Å²) in [5.74, 6) is -1.09. The predicted octanol–water partition coefficient (Wildman–Crippen LogP) is 4.14. The first-order chi connectivity index (χ1) is 16.2. The molecular formula is C24H27N5O5. The number of carbonyl (C=O) groups excluding carboxylic acids is 2. The molecule has 0 aliphatic heterocycles. The van der Waals surface area contributed by atoms with Gasteiger partial charge in [0.25, 0.3) is 5.91 Å². The van der Waals surface area contributed by atoms with Gasteiger partial charge in [-0.2, -0.15) is 5.10 Å². The van der Waals surface area contributed by atoms with Gasteiger partial charge < -0.3 is 15.0 Å². The first-order valence-electron chi connectivity index (χ1n) is 10.8. The summed E-state index contributed by atoms with van der Waals surface area (Å²) in [5, 5.41) is 18.4. The van der Waals surface area contributed by atoms with Crippen molar-refractivity contribution in [1.29, 1.82) is 0 Å². The normalized spacial score (nSPS) is 10.7. The molecule has 2 aromatic carbocycles. The number of benzene rings is 2. The minimum atomic E-state index is -0.708. The third-order valence-corrected chi connectivity index (χ3v) is 5.15. The second-order valence-electron chi connectivity index (χ2n) is 7.99. The highest BCUT2D eigenvalue weighted by molar-refractivity contribution is 5.95. The number of esters is 1. The molecule has 1 aromatic heterocycles. The molecule has 0 spiro atoms. The van der Waals surface area contributed by atoms with Crippen LogP contribution in [-0.4, -0.2) is 39.2 Å². The summed E-state index contributed by atoms with van der Waals surface area (Å²) >= 11 is 0. The Labute approximate surface area is 197 Å². The molecule has 3 rings (SSSR count). The van der Waals surface area contributed by atoms with Gasteiger partial charge in [0.05, 0.1) is 4.92 Å². The number of nitrogens with one attached hydrogen (secondary N) is 1. The standard InChI is InChI=1S/C24H27N5O5/c1-16(2)28(21-12-10-20(11-13-21)25-19-8-6-5-7-9-19)22(30)15-34-23(31)14-27-18(4)24(29(32)33)17(3)26-27/h5-13,16,25H,14-15H2,1-4H3. The molecule has 0 aliphatic carbocycles. The Morgan fingerprint density at radius 2 is 1.71 bits per heavy atom. The number of hydrogen-bond donors (Lipinski definition) is 1. The Hall–Kier alpha value is -4.21. The highest BCUT2D eigenvalue weighted by atomic mass is 16.6. The van der Waals surface area contributed by atoms with E-state index in [2.05, 4.69) is 10.4 Å². The van der Waals surface area contributed by atoms with E-state index in [4.69, 9.17) is 4.74 Å². The second kappa shape index (κ2) is 10.6. The number of amides is 1. The van der Waals surface area contributed by atoms with E-state index in [9.17, 15) is 19.7 Å². The molecule has 3 aromatic rings. The number of aromatic nitrogens is 2. The van der Waals surface area contributed by atoms with Crippen LogP contribution in [-0.2, 0) is 20.9 Å². The minimum Gasteiger partial charge on any atom is -0.454 e. The summed E-state index contributed by atoms with van der Waals surface area (Å²) in [5.41, 5.74) is 2.81. The molecule has 0 fully saturated rings. The van der Waals surface area contributed by atoms with Crippen LogP contribution < -0.4 is 10.2 Å². The van der Waals surface area contributed by atoms with Gasteiger partial charge in [-0.15, -0.1) is 0 Å². The molecule has 10 nitrogen and oxygen atoms in total. The second-order valence-corrected chi connectivity index (χ2v) is 7.99. The summed E-state index contributed by atoms with van der Waals surface area (Å²) in [6, 6.07) is 16.9. The molecule has 1 N–H and O–H groups in total. The van der Waals surface area contributed by atoms with Crippen LogP contribution in [0.15, 0.2) is 54.6 Å².